The van der Waals surface area contributed by atoms with Crippen molar-refractivity contribution in [1.29, 1.82) is 0 Å². The van der Waals surface area contributed by atoms with E-state index in [0.29, 0.717) is 31.3 Å². The van der Waals surface area contributed by atoms with Crippen LogP contribution in [-0.4, -0.2) is 35.8 Å². The molecule has 1 aliphatic heterocycles. The normalized spacial score (nSPS) is 23.6. The van der Waals surface area contributed by atoms with E-state index in [1.807, 2.05) is 6.92 Å². The first-order valence-electron chi connectivity index (χ1n) is 7.18. The molecule has 0 aromatic heterocycles. The molecule has 1 unspecified atom stereocenters. The molecule has 0 bridgehead atoms. The summed E-state index contributed by atoms with van der Waals surface area (Å²) in [5, 5.41) is 3.48. The molecule has 1 N–H and O–H groups in total. The van der Waals surface area contributed by atoms with Gasteiger partial charge >= 0.3 is 0 Å². The summed E-state index contributed by atoms with van der Waals surface area (Å²) in [7, 11) is 0. The summed E-state index contributed by atoms with van der Waals surface area (Å²) in [5.74, 6) is 0.908. The number of hydrogen-bond acceptors (Lipinski definition) is 3. The monoisotopic (exact) mass is 252 g/mol. The average Bonchev–Trinajstić information content (AvgIpc) is 3.11. The molecule has 1 atom stereocenters. The topological polar surface area (TPSA) is 49.4 Å². The lowest BCUT2D eigenvalue weighted by Crippen LogP contribution is -2.50. The molecule has 2 amide bonds. The predicted octanol–water partition coefficient (Wildman–Crippen LogP) is 1.55. The minimum atomic E-state index is 0.0164. The van der Waals surface area contributed by atoms with Gasteiger partial charge in [-0.15, -0.1) is 0 Å². The third-order valence-electron chi connectivity index (χ3n) is 3.88. The van der Waals surface area contributed by atoms with Crippen LogP contribution in [0.15, 0.2) is 0 Å². The number of nitrogens with one attached hydrogen (secondary N) is 1. The summed E-state index contributed by atoms with van der Waals surface area (Å²) in [5.41, 5.74) is 0. The number of likely N-dealkylation sites (tertiary alicyclic amines) is 1. The molecule has 2 rings (SSSR count). The standard InChI is InChI=1S/C14H24N2O2/c1-3-6-15-12(11-4-5-11)9-16-13(17)7-10(2)8-14(16)18/h10-12,15H,3-9H2,1-2H3. The van der Waals surface area contributed by atoms with Crippen molar-refractivity contribution >= 4 is 11.8 Å². The predicted molar refractivity (Wildman–Crippen MR) is 69.9 cm³/mol. The number of nitrogens with zero attached hydrogens (tertiary/aromatic N) is 1. The van der Waals surface area contributed by atoms with Crippen LogP contribution in [0.5, 0.6) is 0 Å². The zero-order chi connectivity index (χ0) is 13.1. The van der Waals surface area contributed by atoms with Gasteiger partial charge in [-0.1, -0.05) is 13.8 Å². The van der Waals surface area contributed by atoms with Crippen molar-refractivity contribution in [1.82, 2.24) is 10.2 Å². The number of carbonyl (C=O) groups excluding carboxylic acids is 2. The maximum absolute atomic E-state index is 11.9. The van der Waals surface area contributed by atoms with Crippen LogP contribution in [0.25, 0.3) is 0 Å². The number of piperidine rings is 1. The first-order chi connectivity index (χ1) is 8.61. The largest absolute Gasteiger partial charge is 0.312 e. The molecule has 0 aromatic rings. The van der Waals surface area contributed by atoms with E-state index in [1.165, 1.54) is 17.7 Å². The maximum atomic E-state index is 11.9. The van der Waals surface area contributed by atoms with Gasteiger partial charge in [0.25, 0.3) is 0 Å². The van der Waals surface area contributed by atoms with Crippen molar-refractivity contribution < 1.29 is 9.59 Å². The van der Waals surface area contributed by atoms with Crippen LogP contribution in [0.4, 0.5) is 0 Å². The summed E-state index contributed by atoms with van der Waals surface area (Å²) >= 11 is 0. The van der Waals surface area contributed by atoms with Crippen molar-refractivity contribution in [3.63, 3.8) is 0 Å². The molecule has 0 aromatic carbocycles. The summed E-state index contributed by atoms with van der Waals surface area (Å²) in [6.07, 6.45) is 4.60. The highest BCUT2D eigenvalue weighted by Crippen LogP contribution is 2.33. The van der Waals surface area contributed by atoms with Crippen LogP contribution < -0.4 is 5.32 Å². The average molecular weight is 252 g/mol. The lowest BCUT2D eigenvalue weighted by Gasteiger charge is -2.31. The zero-order valence-electron chi connectivity index (χ0n) is 11.4. The van der Waals surface area contributed by atoms with Gasteiger partial charge in [-0.05, 0) is 37.6 Å². The number of carbonyl (C=O) groups is 2. The minimum absolute atomic E-state index is 0.0164. The van der Waals surface area contributed by atoms with Crippen LogP contribution in [0.1, 0.15) is 46.0 Å². The summed E-state index contributed by atoms with van der Waals surface area (Å²) in [4.78, 5) is 25.4. The Morgan fingerprint density at radius 1 is 1.28 bits per heavy atom. The van der Waals surface area contributed by atoms with E-state index in [-0.39, 0.29) is 17.7 Å². The van der Waals surface area contributed by atoms with E-state index < -0.39 is 0 Å². The molecule has 1 heterocycles. The molecular formula is C14H24N2O2. The molecule has 0 radical (unpaired) electrons. The Bertz CT molecular complexity index is 308. The second-order valence-electron chi connectivity index (χ2n) is 5.81. The highest BCUT2D eigenvalue weighted by Gasteiger charge is 2.37. The van der Waals surface area contributed by atoms with Crippen molar-refractivity contribution in [2.75, 3.05) is 13.1 Å². The smallest absolute Gasteiger partial charge is 0.229 e. The van der Waals surface area contributed by atoms with Gasteiger partial charge in [0.05, 0.1) is 0 Å². The number of rotatable bonds is 6. The van der Waals surface area contributed by atoms with Crippen LogP contribution in [-0.2, 0) is 9.59 Å². The highest BCUT2D eigenvalue weighted by molar-refractivity contribution is 5.97. The number of imide groups is 1. The molecule has 0 spiro atoms. The van der Waals surface area contributed by atoms with Crippen LogP contribution >= 0.6 is 0 Å². The molecule has 4 heteroatoms. The summed E-state index contributed by atoms with van der Waals surface area (Å²) < 4.78 is 0. The lowest BCUT2D eigenvalue weighted by atomic mass is 9.97. The van der Waals surface area contributed by atoms with E-state index in [9.17, 15) is 9.59 Å². The van der Waals surface area contributed by atoms with Gasteiger partial charge in [-0.25, -0.2) is 0 Å². The molecule has 1 saturated carbocycles. The van der Waals surface area contributed by atoms with E-state index in [0.717, 1.165) is 13.0 Å². The number of hydrogen-bond donors (Lipinski definition) is 1. The Morgan fingerprint density at radius 3 is 2.39 bits per heavy atom. The van der Waals surface area contributed by atoms with Gasteiger partial charge in [0.15, 0.2) is 0 Å². The fourth-order valence-electron chi connectivity index (χ4n) is 2.64. The SMILES string of the molecule is CCCNC(CN1C(=O)CC(C)CC1=O)C1CC1. The fraction of sp³-hybridized carbons (Fsp3) is 0.857. The van der Waals surface area contributed by atoms with Crippen LogP contribution in [0.2, 0.25) is 0 Å². The minimum Gasteiger partial charge on any atom is -0.312 e. The van der Waals surface area contributed by atoms with Gasteiger partial charge in [0, 0.05) is 25.4 Å². The fourth-order valence-corrected chi connectivity index (χ4v) is 2.64. The van der Waals surface area contributed by atoms with E-state index >= 15 is 0 Å². The molecule has 2 aliphatic rings. The second kappa shape index (κ2) is 5.83. The van der Waals surface area contributed by atoms with Gasteiger partial charge < -0.3 is 5.32 Å². The third-order valence-corrected chi connectivity index (χ3v) is 3.88. The van der Waals surface area contributed by atoms with Crippen molar-refractivity contribution in [3.05, 3.63) is 0 Å². The van der Waals surface area contributed by atoms with E-state index in [4.69, 9.17) is 0 Å². The third kappa shape index (κ3) is 3.31. The van der Waals surface area contributed by atoms with Gasteiger partial charge in [-0.3, -0.25) is 14.5 Å². The highest BCUT2D eigenvalue weighted by atomic mass is 16.2. The Balaban J connectivity index is 1.92. The summed E-state index contributed by atoms with van der Waals surface area (Å²) in [6.45, 7) is 5.65. The Hall–Kier alpha value is -0.900. The van der Waals surface area contributed by atoms with E-state index in [1.54, 1.807) is 0 Å². The van der Waals surface area contributed by atoms with Crippen molar-refractivity contribution in [2.24, 2.45) is 11.8 Å². The first kappa shape index (κ1) is 13.5. The molecule has 2 fully saturated rings. The maximum Gasteiger partial charge on any atom is 0.229 e. The van der Waals surface area contributed by atoms with Crippen LogP contribution in [0, 0.1) is 11.8 Å². The lowest BCUT2D eigenvalue weighted by molar-refractivity contribution is -0.150. The molecule has 1 aliphatic carbocycles. The Kier molecular flexibility index (Phi) is 4.38. The summed E-state index contributed by atoms with van der Waals surface area (Å²) in [6, 6.07) is 0.311. The van der Waals surface area contributed by atoms with Crippen molar-refractivity contribution in [3.8, 4) is 0 Å². The van der Waals surface area contributed by atoms with Crippen LogP contribution in [0.3, 0.4) is 0 Å². The van der Waals surface area contributed by atoms with E-state index in [2.05, 4.69) is 12.2 Å². The Morgan fingerprint density at radius 2 is 1.89 bits per heavy atom. The molecule has 4 nitrogen and oxygen atoms in total. The number of amides is 2. The first-order valence-corrected chi connectivity index (χ1v) is 7.18. The molecule has 1 saturated heterocycles. The quantitative estimate of drug-likeness (QED) is 0.730. The van der Waals surface area contributed by atoms with Gasteiger partial charge in [-0.2, -0.15) is 0 Å². The molecule has 102 valence electrons. The Labute approximate surface area is 109 Å². The van der Waals surface area contributed by atoms with Gasteiger partial charge in [0.2, 0.25) is 11.8 Å². The van der Waals surface area contributed by atoms with Crippen molar-refractivity contribution in [2.45, 2.75) is 52.0 Å². The zero-order valence-corrected chi connectivity index (χ0v) is 11.4. The van der Waals surface area contributed by atoms with Gasteiger partial charge in [0.1, 0.15) is 0 Å². The molecular weight excluding hydrogens is 228 g/mol. The second-order valence-corrected chi connectivity index (χ2v) is 5.81. The molecule has 18 heavy (non-hydrogen) atoms.